The maximum Gasteiger partial charge on any atom is 0.335 e. The molecule has 9 nitrogen and oxygen atoms in total. The van der Waals surface area contributed by atoms with E-state index in [4.69, 9.17) is 9.47 Å². The number of benzene rings is 2. The first-order valence-corrected chi connectivity index (χ1v) is 10.2. The van der Waals surface area contributed by atoms with Crippen LogP contribution in [0, 0.1) is 0 Å². The third-order valence-electron chi connectivity index (χ3n) is 5.49. The van der Waals surface area contributed by atoms with Gasteiger partial charge in [-0.1, -0.05) is 30.3 Å². The SMILES string of the molecule is O=C(O)[C@H]1O[C@@H](Oc2ccc([C@@H](c3ccc(O)cc3)c3ccccn3)cc2)[C@H](O)[C@@H](O)[C@@H]1O. The van der Waals surface area contributed by atoms with Crippen molar-refractivity contribution in [1.82, 2.24) is 4.98 Å². The maximum atomic E-state index is 11.3. The number of aromatic nitrogens is 1. The van der Waals surface area contributed by atoms with Crippen LogP contribution in [0.1, 0.15) is 22.7 Å². The van der Waals surface area contributed by atoms with Gasteiger partial charge in [0.25, 0.3) is 0 Å². The van der Waals surface area contributed by atoms with Crippen molar-refractivity contribution in [3.63, 3.8) is 0 Å². The van der Waals surface area contributed by atoms with Crippen LogP contribution in [0.4, 0.5) is 0 Å². The monoisotopic (exact) mass is 453 g/mol. The molecule has 0 spiro atoms. The molecule has 1 aromatic heterocycles. The number of ether oxygens (including phenoxy) is 2. The van der Waals surface area contributed by atoms with Gasteiger partial charge >= 0.3 is 5.97 Å². The molecular formula is C24H23NO8. The van der Waals surface area contributed by atoms with Crippen LogP contribution < -0.4 is 4.74 Å². The third kappa shape index (κ3) is 4.81. The summed E-state index contributed by atoms with van der Waals surface area (Å²) in [6, 6.07) is 19.2. The second kappa shape index (κ2) is 9.55. The minimum absolute atomic E-state index is 0.153. The quantitative estimate of drug-likeness (QED) is 0.371. The number of carboxylic acid groups (broad SMARTS) is 1. The smallest absolute Gasteiger partial charge is 0.335 e. The number of aromatic hydroxyl groups is 1. The molecule has 2 heterocycles. The van der Waals surface area contributed by atoms with Gasteiger partial charge < -0.3 is 35.0 Å². The Morgan fingerprint density at radius 1 is 0.879 bits per heavy atom. The Bertz CT molecular complexity index is 1070. The number of hydrogen-bond acceptors (Lipinski definition) is 8. The molecule has 5 N–H and O–H groups in total. The topological polar surface area (TPSA) is 150 Å². The molecule has 2 aromatic carbocycles. The molecule has 1 saturated heterocycles. The van der Waals surface area contributed by atoms with Crippen molar-refractivity contribution >= 4 is 5.97 Å². The van der Waals surface area contributed by atoms with Gasteiger partial charge in [-0.3, -0.25) is 4.98 Å². The average Bonchev–Trinajstić information content (AvgIpc) is 2.82. The Hall–Kier alpha value is -3.50. The Balaban J connectivity index is 1.58. The first-order valence-electron chi connectivity index (χ1n) is 10.2. The van der Waals surface area contributed by atoms with Crippen molar-refractivity contribution in [3.05, 3.63) is 89.7 Å². The van der Waals surface area contributed by atoms with Crippen LogP contribution in [0.25, 0.3) is 0 Å². The van der Waals surface area contributed by atoms with Gasteiger partial charge in [0, 0.05) is 6.20 Å². The van der Waals surface area contributed by atoms with Crippen molar-refractivity contribution in [2.75, 3.05) is 0 Å². The molecular weight excluding hydrogens is 430 g/mol. The van der Waals surface area contributed by atoms with Gasteiger partial charge in [0.05, 0.1) is 11.6 Å². The number of phenols is 1. The van der Waals surface area contributed by atoms with E-state index >= 15 is 0 Å². The fourth-order valence-electron chi connectivity index (χ4n) is 3.77. The lowest BCUT2D eigenvalue weighted by atomic mass is 9.88. The van der Waals surface area contributed by atoms with Crippen LogP contribution in [0.15, 0.2) is 72.9 Å². The van der Waals surface area contributed by atoms with E-state index in [1.165, 1.54) is 0 Å². The number of aliphatic hydroxyl groups excluding tert-OH is 3. The normalized spacial score (nSPS) is 25.8. The molecule has 172 valence electrons. The van der Waals surface area contributed by atoms with Gasteiger partial charge in [-0.05, 0) is 47.5 Å². The number of pyridine rings is 1. The molecule has 1 fully saturated rings. The van der Waals surface area contributed by atoms with Crippen molar-refractivity contribution in [1.29, 1.82) is 0 Å². The summed E-state index contributed by atoms with van der Waals surface area (Å²) in [5.41, 5.74) is 2.58. The lowest BCUT2D eigenvalue weighted by molar-refractivity contribution is -0.271. The number of rotatable bonds is 6. The summed E-state index contributed by atoms with van der Waals surface area (Å²) in [5, 5.41) is 48.7. The van der Waals surface area contributed by atoms with Crippen LogP contribution in [0.2, 0.25) is 0 Å². The fourth-order valence-corrected chi connectivity index (χ4v) is 3.77. The lowest BCUT2D eigenvalue weighted by Gasteiger charge is -2.38. The minimum atomic E-state index is -1.79. The number of nitrogens with zero attached hydrogens (tertiary/aromatic N) is 1. The summed E-state index contributed by atoms with van der Waals surface area (Å²) in [6.45, 7) is 0. The second-order valence-electron chi connectivity index (χ2n) is 7.70. The predicted molar refractivity (Wildman–Crippen MR) is 115 cm³/mol. The van der Waals surface area contributed by atoms with E-state index < -0.39 is 36.7 Å². The highest BCUT2D eigenvalue weighted by atomic mass is 16.7. The van der Waals surface area contributed by atoms with Crippen LogP contribution in [-0.2, 0) is 9.53 Å². The van der Waals surface area contributed by atoms with Crippen LogP contribution in [0.3, 0.4) is 0 Å². The molecule has 0 amide bonds. The van der Waals surface area contributed by atoms with E-state index in [1.54, 1.807) is 42.6 Å². The highest BCUT2D eigenvalue weighted by Crippen LogP contribution is 2.33. The lowest BCUT2D eigenvalue weighted by Crippen LogP contribution is -2.61. The molecule has 0 unspecified atom stereocenters. The zero-order valence-electron chi connectivity index (χ0n) is 17.3. The van der Waals surface area contributed by atoms with Gasteiger partial charge in [-0.2, -0.15) is 0 Å². The second-order valence-corrected chi connectivity index (χ2v) is 7.70. The molecule has 1 aliphatic rings. The van der Waals surface area contributed by atoms with E-state index in [0.717, 1.165) is 16.8 Å². The summed E-state index contributed by atoms with van der Waals surface area (Å²) in [6.07, 6.45) is -6.71. The zero-order chi connectivity index (χ0) is 23.5. The Morgan fingerprint density at radius 2 is 1.52 bits per heavy atom. The Labute approximate surface area is 189 Å². The Morgan fingerprint density at radius 3 is 2.09 bits per heavy atom. The summed E-state index contributed by atoms with van der Waals surface area (Å²) in [4.78, 5) is 15.7. The summed E-state index contributed by atoms with van der Waals surface area (Å²) < 4.78 is 10.7. The first-order chi connectivity index (χ1) is 15.8. The van der Waals surface area contributed by atoms with Crippen molar-refractivity contribution < 1.29 is 39.8 Å². The van der Waals surface area contributed by atoms with Crippen molar-refractivity contribution in [3.8, 4) is 11.5 Å². The molecule has 0 bridgehead atoms. The van der Waals surface area contributed by atoms with Gasteiger partial charge in [0.15, 0.2) is 6.10 Å². The molecule has 9 heteroatoms. The Kier molecular flexibility index (Phi) is 6.57. The van der Waals surface area contributed by atoms with Crippen LogP contribution in [0.5, 0.6) is 11.5 Å². The highest BCUT2D eigenvalue weighted by Gasteiger charge is 2.48. The van der Waals surface area contributed by atoms with Crippen LogP contribution >= 0.6 is 0 Å². The number of hydrogen-bond donors (Lipinski definition) is 5. The molecule has 33 heavy (non-hydrogen) atoms. The minimum Gasteiger partial charge on any atom is -0.508 e. The molecule has 6 atom stereocenters. The van der Waals surface area contributed by atoms with Crippen LogP contribution in [-0.4, -0.2) is 67.2 Å². The van der Waals surface area contributed by atoms with E-state index in [9.17, 15) is 30.3 Å². The van der Waals surface area contributed by atoms with Crippen molar-refractivity contribution in [2.24, 2.45) is 0 Å². The fraction of sp³-hybridized carbons (Fsp3) is 0.250. The van der Waals surface area contributed by atoms with E-state index in [2.05, 4.69) is 4.98 Å². The molecule has 4 rings (SSSR count). The number of carbonyl (C=O) groups is 1. The van der Waals surface area contributed by atoms with Gasteiger partial charge in [-0.15, -0.1) is 0 Å². The number of carboxylic acids is 1. The number of aliphatic hydroxyl groups is 3. The maximum absolute atomic E-state index is 11.3. The number of aliphatic carboxylic acids is 1. The number of phenolic OH excluding ortho intramolecular Hbond substituents is 1. The van der Waals surface area contributed by atoms with Gasteiger partial charge in [0.2, 0.25) is 6.29 Å². The molecule has 3 aromatic rings. The van der Waals surface area contributed by atoms with Crippen molar-refractivity contribution in [2.45, 2.75) is 36.6 Å². The van der Waals surface area contributed by atoms with E-state index in [0.29, 0.717) is 0 Å². The molecule has 0 aliphatic carbocycles. The summed E-state index contributed by atoms with van der Waals surface area (Å²) >= 11 is 0. The van der Waals surface area contributed by atoms with E-state index in [1.807, 2.05) is 30.3 Å². The summed E-state index contributed by atoms with van der Waals surface area (Å²) in [5.74, 6) is -1.29. The zero-order valence-corrected chi connectivity index (χ0v) is 17.3. The highest BCUT2D eigenvalue weighted by molar-refractivity contribution is 5.73. The largest absolute Gasteiger partial charge is 0.508 e. The third-order valence-corrected chi connectivity index (χ3v) is 5.49. The molecule has 0 saturated carbocycles. The first kappa shape index (κ1) is 22.7. The van der Waals surface area contributed by atoms with Gasteiger partial charge in [-0.25, -0.2) is 4.79 Å². The standard InChI is InChI=1S/C24H23NO8/c26-15-8-4-13(5-9-15)18(17-3-1-2-12-25-17)14-6-10-16(11-7-14)32-24-21(29)19(27)20(28)22(33-24)23(30)31/h1-12,18-22,24,26-29H,(H,30,31)/t18-,19+,20+,21-,22+,24-/m1/s1. The molecule has 0 radical (unpaired) electrons. The van der Waals surface area contributed by atoms with E-state index in [-0.39, 0.29) is 17.4 Å². The molecule has 1 aliphatic heterocycles. The van der Waals surface area contributed by atoms with Gasteiger partial charge in [0.1, 0.15) is 29.8 Å². The average molecular weight is 453 g/mol. The summed E-state index contributed by atoms with van der Waals surface area (Å²) in [7, 11) is 0. The predicted octanol–water partition coefficient (Wildman–Crippen LogP) is 1.24.